The van der Waals surface area contributed by atoms with E-state index in [9.17, 15) is 4.79 Å². The molecule has 0 fully saturated rings. The molecule has 0 aromatic heterocycles. The average Bonchev–Trinajstić information content (AvgIpc) is 2.66. The summed E-state index contributed by atoms with van der Waals surface area (Å²) in [6, 6.07) is 14.5. The second kappa shape index (κ2) is 7.58. The lowest BCUT2D eigenvalue weighted by Gasteiger charge is -2.26. The van der Waals surface area contributed by atoms with Gasteiger partial charge in [0.1, 0.15) is 12.4 Å². The minimum absolute atomic E-state index is 0.0890. The van der Waals surface area contributed by atoms with Crippen molar-refractivity contribution in [2.45, 2.75) is 12.5 Å². The fraction of sp³-hybridized carbons (Fsp3) is 0.263. The highest BCUT2D eigenvalue weighted by Gasteiger charge is 2.21. The fourth-order valence-electron chi connectivity index (χ4n) is 2.69. The van der Waals surface area contributed by atoms with E-state index in [0.717, 1.165) is 17.7 Å². The van der Waals surface area contributed by atoms with Crippen LogP contribution in [0.25, 0.3) is 0 Å². The highest BCUT2D eigenvalue weighted by Crippen LogP contribution is 2.28. The van der Waals surface area contributed by atoms with Crippen LogP contribution in [-0.4, -0.2) is 32.3 Å². The van der Waals surface area contributed by atoms with E-state index in [1.54, 1.807) is 18.2 Å². The number of nitriles is 1. The molecule has 6 nitrogen and oxygen atoms in total. The number of ether oxygens (including phenoxy) is 3. The number of methoxy groups -OCH3 is 1. The number of benzene rings is 2. The number of rotatable bonds is 5. The van der Waals surface area contributed by atoms with Crippen LogP contribution in [0.5, 0.6) is 17.2 Å². The molecule has 25 heavy (non-hydrogen) atoms. The van der Waals surface area contributed by atoms with Crippen LogP contribution in [0.4, 0.5) is 0 Å². The van der Waals surface area contributed by atoms with Crippen LogP contribution in [-0.2, 0) is 11.2 Å². The SMILES string of the molecule is COc1cc(C#N)ccc1OCC(=O)NC1COc2ccccc2C1. The van der Waals surface area contributed by atoms with Gasteiger partial charge in [-0.05, 0) is 30.2 Å². The van der Waals surface area contributed by atoms with Gasteiger partial charge in [-0.15, -0.1) is 0 Å². The van der Waals surface area contributed by atoms with E-state index in [4.69, 9.17) is 19.5 Å². The molecule has 128 valence electrons. The second-order valence-corrected chi connectivity index (χ2v) is 5.65. The summed E-state index contributed by atoms with van der Waals surface area (Å²) in [5, 5.41) is 11.8. The Labute approximate surface area is 145 Å². The molecule has 0 saturated carbocycles. The monoisotopic (exact) mass is 338 g/mol. The first-order chi connectivity index (χ1) is 12.2. The molecule has 3 rings (SSSR count). The van der Waals surface area contributed by atoms with Crippen molar-refractivity contribution in [2.75, 3.05) is 20.3 Å². The summed E-state index contributed by atoms with van der Waals surface area (Å²) < 4.78 is 16.3. The van der Waals surface area contributed by atoms with Gasteiger partial charge in [0.2, 0.25) is 0 Å². The summed E-state index contributed by atoms with van der Waals surface area (Å²) in [6.45, 7) is 0.295. The Bertz CT molecular complexity index is 813. The molecule has 1 unspecified atom stereocenters. The number of hydrogen-bond acceptors (Lipinski definition) is 5. The zero-order valence-electron chi connectivity index (χ0n) is 13.8. The highest BCUT2D eigenvalue weighted by atomic mass is 16.5. The Kier molecular flexibility index (Phi) is 5.05. The minimum atomic E-state index is -0.237. The molecule has 0 spiro atoms. The quantitative estimate of drug-likeness (QED) is 0.903. The molecule has 0 bridgehead atoms. The Morgan fingerprint density at radius 1 is 1.32 bits per heavy atom. The molecule has 1 aliphatic heterocycles. The molecule has 0 aliphatic carbocycles. The Hall–Kier alpha value is -3.20. The van der Waals surface area contributed by atoms with Crippen molar-refractivity contribution in [3.8, 4) is 23.3 Å². The summed E-state index contributed by atoms with van der Waals surface area (Å²) in [6.07, 6.45) is 0.724. The van der Waals surface area contributed by atoms with Gasteiger partial charge in [0, 0.05) is 6.07 Å². The van der Waals surface area contributed by atoms with Crippen LogP contribution < -0.4 is 19.5 Å². The van der Waals surface area contributed by atoms with Gasteiger partial charge in [-0.2, -0.15) is 5.26 Å². The molecule has 1 amide bonds. The first kappa shape index (κ1) is 16.7. The molecule has 2 aromatic carbocycles. The van der Waals surface area contributed by atoms with Gasteiger partial charge < -0.3 is 19.5 Å². The predicted octanol–water partition coefficient (Wildman–Crippen LogP) is 2.07. The number of hydrogen-bond donors (Lipinski definition) is 1. The Morgan fingerprint density at radius 3 is 2.96 bits per heavy atom. The number of nitrogens with zero attached hydrogens (tertiary/aromatic N) is 1. The number of amides is 1. The van der Waals surface area contributed by atoms with E-state index in [-0.39, 0.29) is 18.6 Å². The van der Waals surface area contributed by atoms with Crippen LogP contribution in [0.1, 0.15) is 11.1 Å². The summed E-state index contributed by atoms with van der Waals surface area (Å²) in [7, 11) is 1.49. The molecule has 1 N–H and O–H groups in total. The summed E-state index contributed by atoms with van der Waals surface area (Å²) in [5.41, 5.74) is 1.54. The molecule has 1 aliphatic rings. The summed E-state index contributed by atoms with van der Waals surface area (Å²) in [5.74, 6) is 1.47. The molecule has 2 aromatic rings. The summed E-state index contributed by atoms with van der Waals surface area (Å²) >= 11 is 0. The third-order valence-corrected chi connectivity index (χ3v) is 3.90. The maximum Gasteiger partial charge on any atom is 0.258 e. The van der Waals surface area contributed by atoms with E-state index in [2.05, 4.69) is 5.32 Å². The van der Waals surface area contributed by atoms with Crippen LogP contribution in [0.15, 0.2) is 42.5 Å². The van der Waals surface area contributed by atoms with Gasteiger partial charge in [0.25, 0.3) is 5.91 Å². The van der Waals surface area contributed by atoms with Gasteiger partial charge in [0.15, 0.2) is 18.1 Å². The third kappa shape index (κ3) is 4.01. The molecular weight excluding hydrogens is 320 g/mol. The van der Waals surface area contributed by atoms with Gasteiger partial charge in [-0.3, -0.25) is 4.79 Å². The van der Waals surface area contributed by atoms with E-state index in [1.807, 2.05) is 30.3 Å². The normalized spacial score (nSPS) is 15.3. The van der Waals surface area contributed by atoms with Crippen LogP contribution >= 0.6 is 0 Å². The Balaban J connectivity index is 1.55. The molecule has 1 atom stereocenters. The standard InChI is InChI=1S/C19H18N2O4/c1-23-18-8-13(10-20)6-7-17(18)25-12-19(22)21-15-9-14-4-2-3-5-16(14)24-11-15/h2-8,15H,9,11-12H2,1H3,(H,21,22). The zero-order valence-corrected chi connectivity index (χ0v) is 13.8. The van der Waals surface area contributed by atoms with Crippen molar-refractivity contribution in [1.82, 2.24) is 5.32 Å². The second-order valence-electron chi connectivity index (χ2n) is 5.65. The first-order valence-corrected chi connectivity index (χ1v) is 7.90. The maximum atomic E-state index is 12.1. The largest absolute Gasteiger partial charge is 0.493 e. The number of carbonyl (C=O) groups excluding carboxylic acids is 1. The third-order valence-electron chi connectivity index (χ3n) is 3.90. The van der Waals surface area contributed by atoms with Gasteiger partial charge >= 0.3 is 0 Å². The van der Waals surface area contributed by atoms with Crippen molar-refractivity contribution in [3.63, 3.8) is 0 Å². The van der Waals surface area contributed by atoms with E-state index < -0.39 is 0 Å². The zero-order chi connectivity index (χ0) is 17.6. The lowest BCUT2D eigenvalue weighted by Crippen LogP contribution is -2.44. The predicted molar refractivity (Wildman–Crippen MR) is 90.8 cm³/mol. The number of para-hydroxylation sites is 1. The van der Waals surface area contributed by atoms with Crippen LogP contribution in [0.2, 0.25) is 0 Å². The van der Waals surface area contributed by atoms with Crippen LogP contribution in [0, 0.1) is 11.3 Å². The number of carbonyl (C=O) groups is 1. The first-order valence-electron chi connectivity index (χ1n) is 7.90. The smallest absolute Gasteiger partial charge is 0.258 e. The number of nitrogens with one attached hydrogen (secondary N) is 1. The van der Waals surface area contributed by atoms with E-state index >= 15 is 0 Å². The van der Waals surface area contributed by atoms with Crippen LogP contribution in [0.3, 0.4) is 0 Å². The summed E-state index contributed by atoms with van der Waals surface area (Å²) in [4.78, 5) is 12.1. The lowest BCUT2D eigenvalue weighted by atomic mass is 10.0. The van der Waals surface area contributed by atoms with E-state index in [0.29, 0.717) is 23.7 Å². The Morgan fingerprint density at radius 2 is 2.16 bits per heavy atom. The topological polar surface area (TPSA) is 80.6 Å². The lowest BCUT2D eigenvalue weighted by molar-refractivity contribution is -0.124. The van der Waals surface area contributed by atoms with Gasteiger partial charge in [-0.1, -0.05) is 18.2 Å². The number of fused-ring (bicyclic) bond motifs is 1. The van der Waals surface area contributed by atoms with E-state index in [1.165, 1.54) is 7.11 Å². The molecule has 0 radical (unpaired) electrons. The van der Waals surface area contributed by atoms with Crippen molar-refractivity contribution >= 4 is 5.91 Å². The maximum absolute atomic E-state index is 12.1. The molecule has 0 saturated heterocycles. The molecule has 1 heterocycles. The minimum Gasteiger partial charge on any atom is -0.493 e. The average molecular weight is 338 g/mol. The molecule has 6 heteroatoms. The van der Waals surface area contributed by atoms with Crippen molar-refractivity contribution in [2.24, 2.45) is 0 Å². The fourth-order valence-corrected chi connectivity index (χ4v) is 2.69. The van der Waals surface area contributed by atoms with Crippen molar-refractivity contribution < 1.29 is 19.0 Å². The molecular formula is C19H18N2O4. The van der Waals surface area contributed by atoms with Gasteiger partial charge in [-0.25, -0.2) is 0 Å². The van der Waals surface area contributed by atoms with Crippen molar-refractivity contribution in [1.29, 1.82) is 5.26 Å². The highest BCUT2D eigenvalue weighted by molar-refractivity contribution is 5.78. The van der Waals surface area contributed by atoms with Gasteiger partial charge in [0.05, 0.1) is 24.8 Å². The van der Waals surface area contributed by atoms with Crippen molar-refractivity contribution in [3.05, 3.63) is 53.6 Å².